The first kappa shape index (κ1) is 13.8. The molecule has 4 nitrogen and oxygen atoms in total. The zero-order valence-corrected chi connectivity index (χ0v) is 12.2. The molecule has 2 rings (SSSR count). The quantitative estimate of drug-likeness (QED) is 0.575. The Bertz CT molecular complexity index is 646. The van der Waals surface area contributed by atoms with Crippen LogP contribution in [-0.4, -0.2) is 4.92 Å². The van der Waals surface area contributed by atoms with Gasteiger partial charge in [0.15, 0.2) is 0 Å². The minimum absolute atomic E-state index is 0.0664. The molecule has 0 saturated carbocycles. The van der Waals surface area contributed by atoms with Gasteiger partial charge >= 0.3 is 0 Å². The first-order valence-corrected chi connectivity index (χ1v) is 6.52. The van der Waals surface area contributed by atoms with Crippen LogP contribution >= 0.6 is 27.5 Å². The summed E-state index contributed by atoms with van der Waals surface area (Å²) in [6.07, 6.45) is 0. The number of nitro groups is 1. The van der Waals surface area contributed by atoms with Crippen LogP contribution in [0.1, 0.15) is 5.56 Å². The lowest BCUT2D eigenvalue weighted by Gasteiger charge is -2.10. The van der Waals surface area contributed by atoms with Gasteiger partial charge in [0.25, 0.3) is 5.69 Å². The van der Waals surface area contributed by atoms with Crippen LogP contribution in [0.25, 0.3) is 0 Å². The zero-order valence-electron chi connectivity index (χ0n) is 9.89. The van der Waals surface area contributed by atoms with Crippen molar-refractivity contribution in [2.45, 2.75) is 6.92 Å². The highest BCUT2D eigenvalue weighted by atomic mass is 79.9. The Kier molecular flexibility index (Phi) is 4.07. The first-order chi connectivity index (χ1) is 8.97. The van der Waals surface area contributed by atoms with Crippen molar-refractivity contribution in [2.75, 3.05) is 0 Å². The van der Waals surface area contributed by atoms with Gasteiger partial charge < -0.3 is 4.74 Å². The number of non-ortho nitro benzene ring substituents is 1. The van der Waals surface area contributed by atoms with E-state index in [-0.39, 0.29) is 10.7 Å². The van der Waals surface area contributed by atoms with Crippen molar-refractivity contribution in [3.05, 3.63) is 61.6 Å². The lowest BCUT2D eigenvalue weighted by atomic mass is 10.2. The standard InChI is InChI=1S/C13H9BrClNO3/c1-8-2-3-9(14)6-13(8)19-12-5-4-10(16(17)18)7-11(12)15/h2-7H,1H3. The topological polar surface area (TPSA) is 52.4 Å². The van der Waals surface area contributed by atoms with E-state index in [1.54, 1.807) is 0 Å². The summed E-state index contributed by atoms with van der Waals surface area (Å²) in [5, 5.41) is 10.8. The highest BCUT2D eigenvalue weighted by Crippen LogP contribution is 2.34. The third-order valence-corrected chi connectivity index (χ3v) is 3.29. The van der Waals surface area contributed by atoms with Gasteiger partial charge in [-0.3, -0.25) is 10.1 Å². The van der Waals surface area contributed by atoms with Crippen LogP contribution in [0, 0.1) is 17.0 Å². The van der Waals surface area contributed by atoms with Gasteiger partial charge in [0.05, 0.1) is 9.95 Å². The van der Waals surface area contributed by atoms with E-state index in [0.29, 0.717) is 11.5 Å². The molecule has 19 heavy (non-hydrogen) atoms. The van der Waals surface area contributed by atoms with Gasteiger partial charge in [-0.05, 0) is 30.7 Å². The van der Waals surface area contributed by atoms with Gasteiger partial charge in [0, 0.05) is 16.6 Å². The number of nitrogens with zero attached hydrogens (tertiary/aromatic N) is 1. The van der Waals surface area contributed by atoms with E-state index in [2.05, 4.69) is 15.9 Å². The Hall–Kier alpha value is -1.59. The second kappa shape index (κ2) is 5.59. The fraction of sp³-hybridized carbons (Fsp3) is 0.0769. The van der Waals surface area contributed by atoms with E-state index in [0.717, 1.165) is 10.0 Å². The lowest BCUT2D eigenvalue weighted by molar-refractivity contribution is -0.384. The summed E-state index contributed by atoms with van der Waals surface area (Å²) < 4.78 is 6.55. The summed E-state index contributed by atoms with van der Waals surface area (Å²) in [6, 6.07) is 9.73. The summed E-state index contributed by atoms with van der Waals surface area (Å²) >= 11 is 9.33. The number of hydrogen-bond donors (Lipinski definition) is 0. The first-order valence-electron chi connectivity index (χ1n) is 5.35. The molecule has 0 radical (unpaired) electrons. The average Bonchev–Trinajstić information content (AvgIpc) is 2.36. The summed E-state index contributed by atoms with van der Waals surface area (Å²) in [6.45, 7) is 1.90. The fourth-order valence-electron chi connectivity index (χ4n) is 1.49. The van der Waals surface area contributed by atoms with Crippen LogP contribution in [0.5, 0.6) is 11.5 Å². The highest BCUT2D eigenvalue weighted by molar-refractivity contribution is 9.10. The number of rotatable bonds is 3. The second-order valence-electron chi connectivity index (χ2n) is 3.88. The molecular weight excluding hydrogens is 334 g/mol. The van der Waals surface area contributed by atoms with Gasteiger partial charge in [-0.15, -0.1) is 0 Å². The maximum Gasteiger partial charge on any atom is 0.271 e. The molecule has 0 amide bonds. The third-order valence-electron chi connectivity index (χ3n) is 2.50. The van der Waals surface area contributed by atoms with E-state index in [4.69, 9.17) is 16.3 Å². The van der Waals surface area contributed by atoms with Crippen LogP contribution in [0.4, 0.5) is 5.69 Å². The molecule has 0 atom stereocenters. The number of benzene rings is 2. The number of hydrogen-bond acceptors (Lipinski definition) is 3. The van der Waals surface area contributed by atoms with Gasteiger partial charge in [-0.2, -0.15) is 0 Å². The van der Waals surface area contributed by atoms with Crippen molar-refractivity contribution in [3.63, 3.8) is 0 Å². The number of ether oxygens (including phenoxy) is 1. The van der Waals surface area contributed by atoms with Crippen molar-refractivity contribution < 1.29 is 9.66 Å². The zero-order chi connectivity index (χ0) is 14.0. The van der Waals surface area contributed by atoms with E-state index < -0.39 is 4.92 Å². The monoisotopic (exact) mass is 341 g/mol. The van der Waals surface area contributed by atoms with Crippen molar-refractivity contribution in [2.24, 2.45) is 0 Å². The molecule has 0 aliphatic heterocycles. The Balaban J connectivity index is 2.33. The molecule has 0 heterocycles. The number of aryl methyl sites for hydroxylation is 1. The molecule has 2 aromatic rings. The summed E-state index contributed by atoms with van der Waals surface area (Å²) in [4.78, 5) is 10.1. The molecule has 0 aliphatic rings. The van der Waals surface area contributed by atoms with E-state index in [9.17, 15) is 10.1 Å². The Morgan fingerprint density at radius 2 is 1.95 bits per heavy atom. The lowest BCUT2D eigenvalue weighted by Crippen LogP contribution is -1.91. The Labute approximate surface area is 123 Å². The third kappa shape index (κ3) is 3.24. The molecule has 0 bridgehead atoms. The maximum atomic E-state index is 10.6. The van der Waals surface area contributed by atoms with Crippen molar-refractivity contribution >= 4 is 33.2 Å². The Morgan fingerprint density at radius 1 is 1.21 bits per heavy atom. The minimum atomic E-state index is -0.500. The predicted octanol–water partition coefficient (Wildman–Crippen LogP) is 5.11. The summed E-state index contributed by atoms with van der Waals surface area (Å²) in [7, 11) is 0. The predicted molar refractivity (Wildman–Crippen MR) is 77.1 cm³/mol. The molecule has 0 N–H and O–H groups in total. The molecule has 0 spiro atoms. The minimum Gasteiger partial charge on any atom is -0.455 e. The van der Waals surface area contributed by atoms with Crippen LogP contribution in [0.2, 0.25) is 5.02 Å². The molecule has 0 fully saturated rings. The van der Waals surface area contributed by atoms with Crippen molar-refractivity contribution in [1.29, 1.82) is 0 Å². The molecule has 0 aromatic heterocycles. The van der Waals surface area contributed by atoms with Crippen LogP contribution < -0.4 is 4.74 Å². The summed E-state index contributed by atoms with van der Waals surface area (Å²) in [5.74, 6) is 1.03. The van der Waals surface area contributed by atoms with Gasteiger partial charge in [0.1, 0.15) is 11.5 Å². The summed E-state index contributed by atoms with van der Waals surface area (Å²) in [5.41, 5.74) is 0.876. The molecule has 0 unspecified atom stereocenters. The highest BCUT2D eigenvalue weighted by Gasteiger charge is 2.11. The van der Waals surface area contributed by atoms with Gasteiger partial charge in [0.2, 0.25) is 0 Å². The molecule has 6 heteroatoms. The van der Waals surface area contributed by atoms with Crippen molar-refractivity contribution in [3.8, 4) is 11.5 Å². The SMILES string of the molecule is Cc1ccc(Br)cc1Oc1ccc([N+](=O)[O-])cc1Cl. The largest absolute Gasteiger partial charge is 0.455 e. The molecule has 2 aromatic carbocycles. The second-order valence-corrected chi connectivity index (χ2v) is 5.21. The fourth-order valence-corrected chi connectivity index (χ4v) is 2.04. The van der Waals surface area contributed by atoms with Crippen LogP contribution in [0.15, 0.2) is 40.9 Å². The van der Waals surface area contributed by atoms with E-state index >= 15 is 0 Å². The average molecular weight is 343 g/mol. The smallest absolute Gasteiger partial charge is 0.271 e. The van der Waals surface area contributed by atoms with Crippen molar-refractivity contribution in [1.82, 2.24) is 0 Å². The van der Waals surface area contributed by atoms with Gasteiger partial charge in [-0.1, -0.05) is 33.6 Å². The number of nitro benzene ring substituents is 1. The van der Waals surface area contributed by atoms with E-state index in [1.807, 2.05) is 25.1 Å². The maximum absolute atomic E-state index is 10.6. The Morgan fingerprint density at radius 3 is 2.58 bits per heavy atom. The van der Waals surface area contributed by atoms with Crippen LogP contribution in [0.3, 0.4) is 0 Å². The molecule has 98 valence electrons. The molecular formula is C13H9BrClNO3. The normalized spacial score (nSPS) is 10.3. The van der Waals surface area contributed by atoms with E-state index in [1.165, 1.54) is 18.2 Å². The molecule has 0 aliphatic carbocycles. The molecule has 0 saturated heterocycles. The van der Waals surface area contributed by atoms with Crippen LogP contribution in [-0.2, 0) is 0 Å². The number of halogens is 2. The van der Waals surface area contributed by atoms with Gasteiger partial charge in [-0.25, -0.2) is 0 Å².